The molecular formula is C10H15N5. The second kappa shape index (κ2) is 3.84. The Balaban J connectivity index is 2.32. The number of aryl methyl sites for hydroxylation is 3. The Kier molecular flexibility index (Phi) is 2.53. The Labute approximate surface area is 88.5 Å². The number of hydrogen-bond acceptors (Lipinski definition) is 3. The van der Waals surface area contributed by atoms with Crippen molar-refractivity contribution in [2.45, 2.75) is 26.7 Å². The number of aromatic amines is 1. The number of H-pyrrole nitrogens is 1. The third-order valence-electron chi connectivity index (χ3n) is 2.27. The van der Waals surface area contributed by atoms with Crippen molar-refractivity contribution in [3.63, 3.8) is 0 Å². The van der Waals surface area contributed by atoms with Gasteiger partial charge in [0.15, 0.2) is 5.82 Å². The molecule has 0 amide bonds. The van der Waals surface area contributed by atoms with Crippen molar-refractivity contribution in [2.24, 2.45) is 7.05 Å². The summed E-state index contributed by atoms with van der Waals surface area (Å²) in [6.45, 7) is 4.09. The fourth-order valence-corrected chi connectivity index (χ4v) is 1.58. The molecule has 0 spiro atoms. The van der Waals surface area contributed by atoms with Crippen LogP contribution >= 0.6 is 0 Å². The summed E-state index contributed by atoms with van der Waals surface area (Å²) in [4.78, 5) is 4.42. The molecule has 0 bridgehead atoms. The molecule has 2 heterocycles. The van der Waals surface area contributed by atoms with Gasteiger partial charge in [-0.3, -0.25) is 9.78 Å². The maximum absolute atomic E-state index is 4.42. The van der Waals surface area contributed by atoms with Gasteiger partial charge in [0.25, 0.3) is 0 Å². The molecule has 2 aromatic rings. The van der Waals surface area contributed by atoms with Crippen LogP contribution in [0.15, 0.2) is 6.20 Å². The van der Waals surface area contributed by atoms with Crippen LogP contribution in [0.3, 0.4) is 0 Å². The van der Waals surface area contributed by atoms with E-state index in [-0.39, 0.29) is 0 Å². The van der Waals surface area contributed by atoms with E-state index in [1.165, 1.54) is 0 Å². The minimum Gasteiger partial charge on any atom is -0.275 e. The molecule has 2 aromatic heterocycles. The van der Waals surface area contributed by atoms with Crippen molar-refractivity contribution >= 4 is 0 Å². The van der Waals surface area contributed by atoms with Crippen LogP contribution in [0.5, 0.6) is 0 Å². The van der Waals surface area contributed by atoms with E-state index in [4.69, 9.17) is 0 Å². The van der Waals surface area contributed by atoms with Crippen molar-refractivity contribution in [2.75, 3.05) is 0 Å². The quantitative estimate of drug-likeness (QED) is 0.825. The number of hydrogen-bond donors (Lipinski definition) is 1. The summed E-state index contributed by atoms with van der Waals surface area (Å²) in [5.41, 5.74) is 1.95. The van der Waals surface area contributed by atoms with Crippen molar-refractivity contribution in [1.82, 2.24) is 25.0 Å². The lowest BCUT2D eigenvalue weighted by Gasteiger charge is -1.89. The van der Waals surface area contributed by atoms with Crippen molar-refractivity contribution in [1.29, 1.82) is 0 Å². The van der Waals surface area contributed by atoms with Gasteiger partial charge >= 0.3 is 0 Å². The Hall–Kier alpha value is -1.65. The minimum atomic E-state index is 0.740. The average molecular weight is 205 g/mol. The largest absolute Gasteiger partial charge is 0.275 e. The summed E-state index contributed by atoms with van der Waals surface area (Å²) in [6, 6.07) is 0. The zero-order valence-corrected chi connectivity index (χ0v) is 9.28. The predicted octanol–water partition coefficient (Wildman–Crippen LogP) is 1.47. The van der Waals surface area contributed by atoms with Gasteiger partial charge in [0, 0.05) is 19.7 Å². The molecule has 0 aliphatic heterocycles. The lowest BCUT2D eigenvalue weighted by Crippen LogP contribution is -1.86. The van der Waals surface area contributed by atoms with E-state index in [1.807, 2.05) is 20.2 Å². The van der Waals surface area contributed by atoms with Crippen molar-refractivity contribution < 1.29 is 0 Å². The standard InChI is InChI=1S/C10H15N5/c1-4-5-9-11-10(13-12-9)8-6-15(3)14-7(8)2/h6H,4-5H2,1-3H3,(H,11,12,13). The molecule has 2 rings (SSSR count). The smallest absolute Gasteiger partial charge is 0.184 e. The van der Waals surface area contributed by atoms with Crippen LogP contribution in [0.1, 0.15) is 24.9 Å². The molecular weight excluding hydrogens is 190 g/mol. The monoisotopic (exact) mass is 205 g/mol. The molecule has 5 nitrogen and oxygen atoms in total. The first kappa shape index (κ1) is 9.89. The van der Waals surface area contributed by atoms with Crippen molar-refractivity contribution in [3.05, 3.63) is 17.7 Å². The topological polar surface area (TPSA) is 59.4 Å². The number of nitrogens with zero attached hydrogens (tertiary/aromatic N) is 4. The average Bonchev–Trinajstić information content (AvgIpc) is 2.73. The fraction of sp³-hybridized carbons (Fsp3) is 0.500. The van der Waals surface area contributed by atoms with Crippen LogP contribution in [-0.4, -0.2) is 25.0 Å². The van der Waals surface area contributed by atoms with Crippen LogP contribution in [0, 0.1) is 6.92 Å². The second-order valence-corrected chi connectivity index (χ2v) is 3.66. The first-order valence-corrected chi connectivity index (χ1v) is 5.12. The molecule has 0 aliphatic carbocycles. The summed E-state index contributed by atoms with van der Waals surface area (Å²) >= 11 is 0. The number of nitrogens with one attached hydrogen (secondary N) is 1. The van der Waals surface area contributed by atoms with E-state index < -0.39 is 0 Å². The van der Waals surface area contributed by atoms with Gasteiger partial charge in [0.05, 0.1) is 11.3 Å². The van der Waals surface area contributed by atoms with Crippen LogP contribution in [0.2, 0.25) is 0 Å². The molecule has 15 heavy (non-hydrogen) atoms. The van der Waals surface area contributed by atoms with Gasteiger partial charge in [-0.25, -0.2) is 4.98 Å². The first-order chi connectivity index (χ1) is 7.20. The molecule has 0 aliphatic rings. The van der Waals surface area contributed by atoms with E-state index in [0.717, 1.165) is 35.7 Å². The molecule has 0 unspecified atom stereocenters. The van der Waals surface area contributed by atoms with Crippen molar-refractivity contribution in [3.8, 4) is 11.4 Å². The van der Waals surface area contributed by atoms with E-state index in [0.29, 0.717) is 0 Å². The third-order valence-corrected chi connectivity index (χ3v) is 2.27. The molecule has 0 fully saturated rings. The second-order valence-electron chi connectivity index (χ2n) is 3.66. The third kappa shape index (κ3) is 1.91. The summed E-state index contributed by atoms with van der Waals surface area (Å²) in [6.07, 6.45) is 3.95. The Morgan fingerprint density at radius 1 is 1.47 bits per heavy atom. The van der Waals surface area contributed by atoms with Crippen LogP contribution in [0.25, 0.3) is 11.4 Å². The Morgan fingerprint density at radius 3 is 2.87 bits per heavy atom. The molecule has 1 N–H and O–H groups in total. The van der Waals surface area contributed by atoms with Gasteiger partial charge in [-0.2, -0.15) is 10.2 Å². The molecule has 0 atom stereocenters. The van der Waals surface area contributed by atoms with E-state index in [2.05, 4.69) is 27.2 Å². The molecule has 80 valence electrons. The highest BCUT2D eigenvalue weighted by Gasteiger charge is 2.10. The molecule has 0 saturated heterocycles. The highest BCUT2D eigenvalue weighted by Crippen LogP contribution is 2.17. The van der Waals surface area contributed by atoms with Gasteiger partial charge in [-0.1, -0.05) is 6.92 Å². The zero-order valence-electron chi connectivity index (χ0n) is 9.28. The van der Waals surface area contributed by atoms with Gasteiger partial charge in [0.1, 0.15) is 5.82 Å². The molecule has 0 radical (unpaired) electrons. The minimum absolute atomic E-state index is 0.740. The summed E-state index contributed by atoms with van der Waals surface area (Å²) in [5, 5.41) is 11.4. The highest BCUT2D eigenvalue weighted by atomic mass is 15.3. The van der Waals surface area contributed by atoms with Gasteiger partial charge in [-0.15, -0.1) is 0 Å². The van der Waals surface area contributed by atoms with Crippen LogP contribution in [-0.2, 0) is 13.5 Å². The van der Waals surface area contributed by atoms with E-state index in [1.54, 1.807) is 4.68 Å². The van der Waals surface area contributed by atoms with Crippen LogP contribution in [0.4, 0.5) is 0 Å². The van der Waals surface area contributed by atoms with E-state index in [9.17, 15) is 0 Å². The summed E-state index contributed by atoms with van der Waals surface area (Å²) in [7, 11) is 1.90. The summed E-state index contributed by atoms with van der Waals surface area (Å²) in [5.74, 6) is 1.68. The van der Waals surface area contributed by atoms with Gasteiger partial charge in [-0.05, 0) is 13.3 Å². The summed E-state index contributed by atoms with van der Waals surface area (Å²) < 4.78 is 1.78. The number of rotatable bonds is 3. The van der Waals surface area contributed by atoms with Gasteiger partial charge < -0.3 is 0 Å². The maximum atomic E-state index is 4.42. The zero-order chi connectivity index (χ0) is 10.8. The van der Waals surface area contributed by atoms with Crippen LogP contribution < -0.4 is 0 Å². The Morgan fingerprint density at radius 2 is 2.27 bits per heavy atom. The maximum Gasteiger partial charge on any atom is 0.184 e. The Bertz CT molecular complexity index is 454. The molecule has 0 aromatic carbocycles. The lowest BCUT2D eigenvalue weighted by molar-refractivity contribution is 0.756. The fourth-order valence-electron chi connectivity index (χ4n) is 1.58. The lowest BCUT2D eigenvalue weighted by atomic mass is 10.2. The normalized spacial score (nSPS) is 10.9. The SMILES string of the molecule is CCCc1nc(-c2cn(C)nc2C)n[nH]1. The van der Waals surface area contributed by atoms with E-state index >= 15 is 0 Å². The first-order valence-electron chi connectivity index (χ1n) is 5.12. The van der Waals surface area contributed by atoms with Gasteiger partial charge in [0.2, 0.25) is 0 Å². The molecule has 5 heteroatoms. The predicted molar refractivity (Wildman–Crippen MR) is 57.3 cm³/mol. The highest BCUT2D eigenvalue weighted by molar-refractivity contribution is 5.56. The number of aromatic nitrogens is 5. The molecule has 0 saturated carbocycles.